The first-order valence-corrected chi connectivity index (χ1v) is 9.75. The molecule has 27 heavy (non-hydrogen) atoms. The van der Waals surface area contributed by atoms with Crippen LogP contribution in [0.5, 0.6) is 0 Å². The van der Waals surface area contributed by atoms with Gasteiger partial charge in [0.25, 0.3) is 0 Å². The molecule has 1 amide bonds. The van der Waals surface area contributed by atoms with E-state index in [4.69, 9.17) is 32.5 Å². The predicted molar refractivity (Wildman–Crippen MR) is 104 cm³/mol. The molecule has 0 atom stereocenters. The van der Waals surface area contributed by atoms with Crippen LogP contribution in [0.3, 0.4) is 0 Å². The number of nitrogens with one attached hydrogen (secondary N) is 1. The topological polar surface area (TPSA) is 77.2 Å². The summed E-state index contributed by atoms with van der Waals surface area (Å²) in [5, 5.41) is 7.94. The quantitative estimate of drug-likeness (QED) is 0.711. The first kappa shape index (κ1) is 20.0. The third kappa shape index (κ3) is 5.36. The molecule has 1 heterocycles. The summed E-state index contributed by atoms with van der Waals surface area (Å²) in [4.78, 5) is 16.4. The van der Waals surface area contributed by atoms with Crippen LogP contribution in [-0.4, -0.2) is 27.9 Å². The lowest BCUT2D eigenvalue weighted by molar-refractivity contribution is 0.0490. The average Bonchev–Trinajstić information content (AvgIpc) is 3.06. The Kier molecular flexibility index (Phi) is 5.96. The zero-order valence-corrected chi connectivity index (χ0v) is 17.1. The fourth-order valence-electron chi connectivity index (χ4n) is 3.11. The van der Waals surface area contributed by atoms with E-state index in [2.05, 4.69) is 15.5 Å². The molecule has 1 fully saturated rings. The molecule has 1 N–H and O–H groups in total. The number of halogens is 2. The number of alkyl carbamates (subject to hydrolysis) is 1. The molecule has 1 aliphatic rings. The molecule has 146 valence electrons. The molecule has 1 aliphatic carbocycles. The highest BCUT2D eigenvalue weighted by Gasteiger charge is 2.28. The number of carbonyl (C=O) groups excluding carboxylic acids is 1. The van der Waals surface area contributed by atoms with Crippen molar-refractivity contribution in [3.63, 3.8) is 0 Å². The SMILES string of the molecule is CC(C)(C)OC(=O)N[C@H]1CC[C@@H](c2nc(-c3ccc(Cl)c(Cl)c3)no2)CC1. The number of hydrogen-bond donors (Lipinski definition) is 1. The van der Waals surface area contributed by atoms with Gasteiger partial charge in [-0.15, -0.1) is 0 Å². The average molecular weight is 412 g/mol. The van der Waals surface area contributed by atoms with Crippen molar-refractivity contribution >= 4 is 29.3 Å². The number of rotatable bonds is 3. The summed E-state index contributed by atoms with van der Waals surface area (Å²) >= 11 is 12.0. The lowest BCUT2D eigenvalue weighted by Gasteiger charge is -2.28. The number of nitrogens with zero attached hydrogens (tertiary/aromatic N) is 2. The standard InChI is InChI=1S/C19H23Cl2N3O3/c1-19(2,3)26-18(25)22-13-7-4-11(5-8-13)17-23-16(24-27-17)12-6-9-14(20)15(21)10-12/h6,9-11,13H,4-5,7-8H2,1-3H3,(H,22,25)/t11-,13+. The molecule has 3 rings (SSSR count). The summed E-state index contributed by atoms with van der Waals surface area (Å²) in [6, 6.07) is 5.35. The van der Waals surface area contributed by atoms with E-state index >= 15 is 0 Å². The van der Waals surface area contributed by atoms with Gasteiger partial charge in [-0.3, -0.25) is 0 Å². The second-order valence-corrected chi connectivity index (χ2v) is 8.59. The first-order chi connectivity index (χ1) is 12.7. The van der Waals surface area contributed by atoms with E-state index < -0.39 is 5.60 Å². The monoisotopic (exact) mass is 411 g/mol. The Morgan fingerprint density at radius 3 is 2.52 bits per heavy atom. The van der Waals surface area contributed by atoms with Crippen LogP contribution >= 0.6 is 23.2 Å². The highest BCUT2D eigenvalue weighted by molar-refractivity contribution is 6.42. The van der Waals surface area contributed by atoms with E-state index in [0.717, 1.165) is 31.2 Å². The van der Waals surface area contributed by atoms with Gasteiger partial charge >= 0.3 is 6.09 Å². The van der Waals surface area contributed by atoms with E-state index in [1.165, 1.54) is 0 Å². The van der Waals surface area contributed by atoms with Crippen LogP contribution in [0.4, 0.5) is 4.79 Å². The zero-order chi connectivity index (χ0) is 19.6. The molecule has 2 aromatic rings. The van der Waals surface area contributed by atoms with Crippen LogP contribution in [0.15, 0.2) is 22.7 Å². The second kappa shape index (κ2) is 8.07. The third-order valence-corrected chi connectivity index (χ3v) is 5.16. The Morgan fingerprint density at radius 1 is 1.19 bits per heavy atom. The fourth-order valence-corrected chi connectivity index (χ4v) is 3.41. The van der Waals surface area contributed by atoms with Crippen molar-refractivity contribution in [1.29, 1.82) is 0 Å². The molecule has 1 aromatic carbocycles. The summed E-state index contributed by atoms with van der Waals surface area (Å²) in [7, 11) is 0. The molecule has 0 radical (unpaired) electrons. The summed E-state index contributed by atoms with van der Waals surface area (Å²) in [5.41, 5.74) is 0.270. The highest BCUT2D eigenvalue weighted by Crippen LogP contribution is 2.34. The number of ether oxygens (including phenoxy) is 1. The lowest BCUT2D eigenvalue weighted by atomic mass is 9.86. The fraction of sp³-hybridized carbons (Fsp3) is 0.526. The molecule has 0 bridgehead atoms. The lowest BCUT2D eigenvalue weighted by Crippen LogP contribution is -2.40. The van der Waals surface area contributed by atoms with Crippen molar-refractivity contribution in [1.82, 2.24) is 15.5 Å². The van der Waals surface area contributed by atoms with Gasteiger partial charge in [0.2, 0.25) is 11.7 Å². The maximum absolute atomic E-state index is 11.9. The van der Waals surface area contributed by atoms with Gasteiger partial charge in [-0.1, -0.05) is 28.4 Å². The van der Waals surface area contributed by atoms with E-state index in [-0.39, 0.29) is 18.1 Å². The van der Waals surface area contributed by atoms with Crippen molar-refractivity contribution in [3.8, 4) is 11.4 Å². The van der Waals surface area contributed by atoms with Crippen molar-refractivity contribution in [3.05, 3.63) is 34.1 Å². The summed E-state index contributed by atoms with van der Waals surface area (Å²) in [5.74, 6) is 1.30. The van der Waals surface area contributed by atoms with Gasteiger partial charge in [0, 0.05) is 17.5 Å². The minimum absolute atomic E-state index is 0.105. The Balaban J connectivity index is 1.56. The van der Waals surface area contributed by atoms with Crippen molar-refractivity contribution in [2.24, 2.45) is 0 Å². The number of hydrogen-bond acceptors (Lipinski definition) is 5. The largest absolute Gasteiger partial charge is 0.444 e. The van der Waals surface area contributed by atoms with Crippen LogP contribution in [0.2, 0.25) is 10.0 Å². The van der Waals surface area contributed by atoms with Crippen molar-refractivity contribution in [2.75, 3.05) is 0 Å². The van der Waals surface area contributed by atoms with E-state index in [1.807, 2.05) is 26.8 Å². The first-order valence-electron chi connectivity index (χ1n) is 9.00. The minimum atomic E-state index is -0.494. The summed E-state index contributed by atoms with van der Waals surface area (Å²) in [6.07, 6.45) is 3.04. The molecule has 1 saturated carbocycles. The van der Waals surface area contributed by atoms with Gasteiger partial charge < -0.3 is 14.6 Å². The Labute approximate surface area is 168 Å². The highest BCUT2D eigenvalue weighted by atomic mass is 35.5. The molecular weight excluding hydrogens is 389 g/mol. The van der Waals surface area contributed by atoms with Gasteiger partial charge in [0.1, 0.15) is 5.60 Å². The molecule has 0 aliphatic heterocycles. The molecule has 1 aromatic heterocycles. The number of benzene rings is 1. The summed E-state index contributed by atoms with van der Waals surface area (Å²) in [6.45, 7) is 5.56. The van der Waals surface area contributed by atoms with Gasteiger partial charge in [-0.25, -0.2) is 4.79 Å². The molecule has 0 saturated heterocycles. The van der Waals surface area contributed by atoms with Crippen LogP contribution in [0.25, 0.3) is 11.4 Å². The number of aromatic nitrogens is 2. The maximum atomic E-state index is 11.9. The van der Waals surface area contributed by atoms with Gasteiger partial charge in [-0.05, 0) is 64.7 Å². The minimum Gasteiger partial charge on any atom is -0.444 e. The molecule has 0 spiro atoms. The third-order valence-electron chi connectivity index (χ3n) is 4.42. The predicted octanol–water partition coefficient (Wildman–Crippen LogP) is 5.59. The molecule has 8 heteroatoms. The van der Waals surface area contributed by atoms with E-state index in [9.17, 15) is 4.79 Å². The van der Waals surface area contributed by atoms with Gasteiger partial charge in [0.15, 0.2) is 0 Å². The number of carbonyl (C=O) groups is 1. The van der Waals surface area contributed by atoms with Gasteiger partial charge in [0.05, 0.1) is 10.0 Å². The molecule has 0 unspecified atom stereocenters. The van der Waals surface area contributed by atoms with E-state index in [1.54, 1.807) is 12.1 Å². The van der Waals surface area contributed by atoms with Crippen LogP contribution < -0.4 is 5.32 Å². The van der Waals surface area contributed by atoms with E-state index in [0.29, 0.717) is 21.8 Å². The normalized spacial score (nSPS) is 20.3. The molecule has 6 nitrogen and oxygen atoms in total. The van der Waals surface area contributed by atoms with Crippen LogP contribution in [0.1, 0.15) is 58.3 Å². The van der Waals surface area contributed by atoms with Gasteiger partial charge in [-0.2, -0.15) is 4.98 Å². The van der Waals surface area contributed by atoms with Crippen LogP contribution in [0, 0.1) is 0 Å². The number of amides is 1. The maximum Gasteiger partial charge on any atom is 0.407 e. The smallest absolute Gasteiger partial charge is 0.407 e. The van der Waals surface area contributed by atoms with Crippen molar-refractivity contribution < 1.29 is 14.1 Å². The second-order valence-electron chi connectivity index (χ2n) is 7.78. The van der Waals surface area contributed by atoms with Crippen LogP contribution in [-0.2, 0) is 4.74 Å². The zero-order valence-electron chi connectivity index (χ0n) is 15.6. The Morgan fingerprint density at radius 2 is 1.89 bits per heavy atom. The molecular formula is C19H23Cl2N3O3. The Hall–Kier alpha value is -1.79. The Bertz CT molecular complexity index is 809. The summed E-state index contributed by atoms with van der Waals surface area (Å²) < 4.78 is 10.8. The van der Waals surface area contributed by atoms with Crippen molar-refractivity contribution in [2.45, 2.75) is 64.0 Å².